The molecule has 51 heavy (non-hydrogen) atoms. The third-order valence-electron chi connectivity index (χ3n) is 9.56. The second-order valence-electron chi connectivity index (χ2n) is 12.6. The van der Waals surface area contributed by atoms with Crippen LogP contribution in [0.15, 0.2) is 150 Å². The summed E-state index contributed by atoms with van der Waals surface area (Å²) in [5.74, 6) is 1.91. The van der Waals surface area contributed by atoms with Gasteiger partial charge in [0.1, 0.15) is 16.2 Å². The van der Waals surface area contributed by atoms with E-state index in [2.05, 4.69) is 109 Å². The lowest BCUT2D eigenvalue weighted by atomic mass is 10.0. The van der Waals surface area contributed by atoms with Gasteiger partial charge in [-0.3, -0.25) is 0 Å². The molecule has 0 aliphatic heterocycles. The molecule has 5 nitrogen and oxygen atoms in total. The molecule has 0 saturated heterocycles. The molecule has 0 N–H and O–H groups in total. The minimum absolute atomic E-state index is 0.619. The molecule has 11 rings (SSSR count). The van der Waals surface area contributed by atoms with E-state index in [-0.39, 0.29) is 0 Å². The van der Waals surface area contributed by atoms with Crippen molar-refractivity contribution in [2.24, 2.45) is 0 Å². The van der Waals surface area contributed by atoms with Gasteiger partial charge in [-0.25, -0.2) is 19.9 Å². The van der Waals surface area contributed by atoms with Crippen LogP contribution in [0.3, 0.4) is 0 Å². The summed E-state index contributed by atoms with van der Waals surface area (Å²) < 4.78 is 9.73. The first-order valence-corrected chi connectivity index (χ1v) is 18.3. The topological polar surface area (TPSA) is 64.7 Å². The molecule has 0 spiro atoms. The summed E-state index contributed by atoms with van der Waals surface area (Å²) >= 11 is 3.47. The van der Waals surface area contributed by atoms with Crippen LogP contribution in [0.2, 0.25) is 0 Å². The van der Waals surface area contributed by atoms with Crippen molar-refractivity contribution in [1.29, 1.82) is 0 Å². The van der Waals surface area contributed by atoms with Crippen LogP contribution >= 0.6 is 22.7 Å². The van der Waals surface area contributed by atoms with E-state index in [9.17, 15) is 0 Å². The van der Waals surface area contributed by atoms with E-state index in [0.29, 0.717) is 17.5 Å². The van der Waals surface area contributed by atoms with Gasteiger partial charge in [-0.1, -0.05) is 103 Å². The molecule has 0 amide bonds. The molecular weight excluding hydrogens is 665 g/mol. The van der Waals surface area contributed by atoms with Gasteiger partial charge in [0, 0.05) is 47.8 Å². The Hall–Kier alpha value is -6.28. The predicted molar refractivity (Wildman–Crippen MR) is 212 cm³/mol. The second kappa shape index (κ2) is 11.1. The fraction of sp³-hybridized carbons (Fsp3) is 0. The Balaban J connectivity index is 1.15. The maximum Gasteiger partial charge on any atom is 0.165 e. The Morgan fingerprint density at radius 3 is 2.06 bits per heavy atom. The molecule has 0 radical (unpaired) electrons. The Morgan fingerprint density at radius 1 is 0.431 bits per heavy atom. The highest BCUT2D eigenvalue weighted by molar-refractivity contribution is 7.26. The Morgan fingerprint density at radius 2 is 1.16 bits per heavy atom. The van der Waals surface area contributed by atoms with Gasteiger partial charge in [-0.2, -0.15) is 0 Å². The average molecular weight is 689 g/mol. The van der Waals surface area contributed by atoms with Gasteiger partial charge < -0.3 is 4.42 Å². The van der Waals surface area contributed by atoms with Crippen LogP contribution in [0.1, 0.15) is 0 Å². The quantitative estimate of drug-likeness (QED) is 0.184. The van der Waals surface area contributed by atoms with E-state index in [1.165, 1.54) is 20.2 Å². The lowest BCUT2D eigenvalue weighted by Crippen LogP contribution is -2.00. The van der Waals surface area contributed by atoms with Gasteiger partial charge >= 0.3 is 0 Å². The van der Waals surface area contributed by atoms with Crippen molar-refractivity contribution >= 4 is 85.8 Å². The highest BCUT2D eigenvalue weighted by atomic mass is 32.1. The van der Waals surface area contributed by atoms with Crippen LogP contribution in [-0.2, 0) is 0 Å². The van der Waals surface area contributed by atoms with Crippen LogP contribution in [0.5, 0.6) is 0 Å². The van der Waals surface area contributed by atoms with Crippen molar-refractivity contribution in [1.82, 2.24) is 19.9 Å². The van der Waals surface area contributed by atoms with Crippen molar-refractivity contribution in [3.05, 3.63) is 146 Å². The third kappa shape index (κ3) is 4.52. The molecule has 11 aromatic rings. The monoisotopic (exact) mass is 688 g/mol. The number of para-hydroxylation sites is 1. The third-order valence-corrected chi connectivity index (χ3v) is 11.8. The number of furan rings is 1. The summed E-state index contributed by atoms with van der Waals surface area (Å²) in [7, 11) is 0. The van der Waals surface area contributed by atoms with E-state index in [0.717, 1.165) is 70.2 Å². The molecule has 0 saturated carbocycles. The number of rotatable bonds is 4. The number of benzene rings is 7. The first-order chi connectivity index (χ1) is 25.2. The Labute approximate surface area is 299 Å². The maximum atomic E-state index is 6.20. The van der Waals surface area contributed by atoms with Crippen molar-refractivity contribution in [2.45, 2.75) is 0 Å². The zero-order valence-corrected chi connectivity index (χ0v) is 28.5. The number of thiazole rings is 1. The maximum absolute atomic E-state index is 6.20. The SMILES string of the molecule is c1ccc(-c2nc(-c3cc(-c4nc5c(ccc6oc7ccccc7c65)s4)c4ccccc4c3)nc(-c3cccc4c3sc3ccccc34)n2)cc1. The van der Waals surface area contributed by atoms with Gasteiger partial charge in [-0.05, 0) is 53.2 Å². The second-order valence-corrected chi connectivity index (χ2v) is 14.7. The van der Waals surface area contributed by atoms with E-state index in [1.54, 1.807) is 22.7 Å². The first kappa shape index (κ1) is 28.5. The number of nitrogens with zero attached hydrogens (tertiary/aromatic N) is 4. The number of thiophene rings is 1. The van der Waals surface area contributed by atoms with E-state index >= 15 is 0 Å². The van der Waals surface area contributed by atoms with Crippen LogP contribution in [0.25, 0.3) is 108 Å². The molecule has 0 unspecified atom stereocenters. The molecule has 0 fully saturated rings. The van der Waals surface area contributed by atoms with Crippen molar-refractivity contribution in [3.63, 3.8) is 0 Å². The average Bonchev–Trinajstić information content (AvgIpc) is 3.91. The fourth-order valence-corrected chi connectivity index (χ4v) is 9.41. The molecular formula is C44H24N4OS2. The smallest absolute Gasteiger partial charge is 0.165 e. The highest BCUT2D eigenvalue weighted by Gasteiger charge is 2.20. The van der Waals surface area contributed by atoms with Crippen LogP contribution < -0.4 is 0 Å². The van der Waals surface area contributed by atoms with Crippen molar-refractivity contribution in [3.8, 4) is 44.7 Å². The molecule has 0 aliphatic carbocycles. The molecule has 7 heteroatoms. The Kier molecular flexibility index (Phi) is 6.22. The summed E-state index contributed by atoms with van der Waals surface area (Å²) in [6, 6.07) is 50.3. The number of fused-ring (bicyclic) bond motifs is 9. The van der Waals surface area contributed by atoms with Crippen LogP contribution in [-0.4, -0.2) is 19.9 Å². The number of aromatic nitrogens is 4. The highest BCUT2D eigenvalue weighted by Crippen LogP contribution is 2.43. The summed E-state index contributed by atoms with van der Waals surface area (Å²) in [5, 5.41) is 7.74. The molecule has 4 heterocycles. The van der Waals surface area contributed by atoms with Gasteiger partial charge in [0.05, 0.1) is 15.6 Å². The van der Waals surface area contributed by atoms with Gasteiger partial charge in [-0.15, -0.1) is 22.7 Å². The summed E-state index contributed by atoms with van der Waals surface area (Å²) in [6.45, 7) is 0. The molecule has 238 valence electrons. The Bertz CT molecular complexity index is 3160. The summed E-state index contributed by atoms with van der Waals surface area (Å²) in [6.07, 6.45) is 0. The van der Waals surface area contributed by atoms with Gasteiger partial charge in [0.2, 0.25) is 0 Å². The van der Waals surface area contributed by atoms with Crippen LogP contribution in [0, 0.1) is 0 Å². The molecule has 0 aliphatic rings. The van der Waals surface area contributed by atoms with Gasteiger partial charge in [0.25, 0.3) is 0 Å². The van der Waals surface area contributed by atoms with E-state index in [1.807, 2.05) is 36.4 Å². The molecule has 7 aromatic carbocycles. The molecule has 4 aromatic heterocycles. The summed E-state index contributed by atoms with van der Waals surface area (Å²) in [5.41, 5.74) is 6.56. The summed E-state index contributed by atoms with van der Waals surface area (Å²) in [4.78, 5) is 20.8. The zero-order valence-electron chi connectivity index (χ0n) is 26.9. The number of hydrogen-bond donors (Lipinski definition) is 0. The molecule has 0 atom stereocenters. The first-order valence-electron chi connectivity index (χ1n) is 16.7. The minimum Gasteiger partial charge on any atom is -0.456 e. The van der Waals surface area contributed by atoms with Crippen molar-refractivity contribution < 1.29 is 4.42 Å². The lowest BCUT2D eigenvalue weighted by Gasteiger charge is -2.11. The lowest BCUT2D eigenvalue weighted by molar-refractivity contribution is 0.669. The largest absolute Gasteiger partial charge is 0.456 e. The van der Waals surface area contributed by atoms with E-state index < -0.39 is 0 Å². The van der Waals surface area contributed by atoms with Gasteiger partial charge in [0.15, 0.2) is 17.5 Å². The number of hydrogen-bond acceptors (Lipinski definition) is 7. The van der Waals surface area contributed by atoms with Crippen LogP contribution in [0.4, 0.5) is 0 Å². The normalized spacial score (nSPS) is 11.9. The predicted octanol–water partition coefficient (Wildman–Crippen LogP) is 12.6. The standard InChI is InChI=1S/C44H24N4OS2/c1-2-11-25(12-3-1)41-46-42(48-43(47-41)32-18-10-17-30-29-15-7-9-20-36(29)50-40(30)32)27-23-26-13-4-5-14-28(26)33(24-27)44-45-39-37(51-44)22-21-35-38(39)31-16-6-8-19-34(31)49-35/h1-24H. The molecule has 0 bridgehead atoms. The fourth-order valence-electron chi connectivity index (χ4n) is 7.20. The zero-order chi connectivity index (χ0) is 33.5. The van der Waals surface area contributed by atoms with E-state index in [4.69, 9.17) is 24.4 Å². The van der Waals surface area contributed by atoms with Crippen molar-refractivity contribution in [2.75, 3.05) is 0 Å². The minimum atomic E-state index is 0.619.